The van der Waals surface area contributed by atoms with Gasteiger partial charge in [-0.1, -0.05) is 0 Å². The summed E-state index contributed by atoms with van der Waals surface area (Å²) >= 11 is 3.38. The van der Waals surface area contributed by atoms with E-state index in [1.807, 2.05) is 33.8 Å². The fourth-order valence-corrected chi connectivity index (χ4v) is 2.51. The summed E-state index contributed by atoms with van der Waals surface area (Å²) < 4.78 is 6.18. The second kappa shape index (κ2) is 4.53. The van der Waals surface area contributed by atoms with Crippen LogP contribution in [-0.2, 0) is 17.8 Å². The number of aryl methyl sites for hydroxylation is 1. The van der Waals surface area contributed by atoms with E-state index in [1.165, 1.54) is 0 Å². The molecule has 0 fully saturated rings. The van der Waals surface area contributed by atoms with E-state index < -0.39 is 5.60 Å². The van der Waals surface area contributed by atoms with Crippen molar-refractivity contribution < 1.29 is 9.53 Å². The van der Waals surface area contributed by atoms with Gasteiger partial charge in [0.15, 0.2) is 0 Å². The third-order valence-corrected chi connectivity index (χ3v) is 3.15. The molecular formula is C13H17BrN2O2. The summed E-state index contributed by atoms with van der Waals surface area (Å²) in [7, 11) is 0. The lowest BCUT2D eigenvalue weighted by molar-refractivity contribution is 0.0240. The molecule has 0 saturated carbocycles. The van der Waals surface area contributed by atoms with Gasteiger partial charge in [-0.05, 0) is 60.8 Å². The minimum atomic E-state index is -0.463. The van der Waals surface area contributed by atoms with Crippen LogP contribution in [0.4, 0.5) is 4.79 Å². The zero-order valence-electron chi connectivity index (χ0n) is 11.1. The first-order valence-electron chi connectivity index (χ1n) is 5.89. The van der Waals surface area contributed by atoms with Crippen LogP contribution in [0.5, 0.6) is 0 Å². The Kier molecular flexibility index (Phi) is 3.36. The minimum absolute atomic E-state index is 0.281. The van der Waals surface area contributed by atoms with Gasteiger partial charge >= 0.3 is 6.09 Å². The molecule has 0 spiro atoms. The smallest absolute Gasteiger partial charge is 0.410 e. The van der Waals surface area contributed by atoms with E-state index in [4.69, 9.17) is 4.74 Å². The van der Waals surface area contributed by atoms with Crippen LogP contribution in [0.3, 0.4) is 0 Å². The van der Waals surface area contributed by atoms with Gasteiger partial charge in [-0.2, -0.15) is 0 Å². The number of pyridine rings is 1. The van der Waals surface area contributed by atoms with E-state index >= 15 is 0 Å². The highest BCUT2D eigenvalue weighted by Gasteiger charge is 2.29. The SMILES string of the molecule is Cc1cc(Br)nc2c1CN(C(=O)OC(C)(C)C)C2. The number of hydrogen-bond acceptors (Lipinski definition) is 3. The largest absolute Gasteiger partial charge is 0.444 e. The van der Waals surface area contributed by atoms with Crippen molar-refractivity contribution in [2.75, 3.05) is 0 Å². The maximum atomic E-state index is 12.0. The number of aromatic nitrogens is 1. The Balaban J connectivity index is 2.15. The molecule has 0 N–H and O–H groups in total. The molecule has 98 valence electrons. The summed E-state index contributed by atoms with van der Waals surface area (Å²) in [6, 6.07) is 1.97. The Labute approximate surface area is 115 Å². The van der Waals surface area contributed by atoms with Crippen molar-refractivity contribution in [1.82, 2.24) is 9.88 Å². The van der Waals surface area contributed by atoms with Crippen LogP contribution in [0.1, 0.15) is 37.6 Å². The molecule has 1 aliphatic heterocycles. The summed E-state index contributed by atoms with van der Waals surface area (Å²) in [4.78, 5) is 18.1. The van der Waals surface area contributed by atoms with Crippen molar-refractivity contribution >= 4 is 22.0 Å². The van der Waals surface area contributed by atoms with Crippen molar-refractivity contribution in [2.45, 2.75) is 46.4 Å². The van der Waals surface area contributed by atoms with Crippen LogP contribution in [0.25, 0.3) is 0 Å². The first kappa shape index (κ1) is 13.3. The zero-order valence-corrected chi connectivity index (χ0v) is 12.7. The van der Waals surface area contributed by atoms with E-state index in [0.717, 1.165) is 21.4 Å². The first-order chi connectivity index (χ1) is 8.26. The lowest BCUT2D eigenvalue weighted by atomic mass is 10.1. The number of nitrogens with zero attached hydrogens (tertiary/aromatic N) is 2. The van der Waals surface area contributed by atoms with Crippen molar-refractivity contribution in [3.63, 3.8) is 0 Å². The number of rotatable bonds is 0. The van der Waals surface area contributed by atoms with E-state index in [-0.39, 0.29) is 6.09 Å². The topological polar surface area (TPSA) is 42.4 Å². The Bertz CT molecular complexity index is 494. The fraction of sp³-hybridized carbons (Fsp3) is 0.538. The Morgan fingerprint density at radius 3 is 2.72 bits per heavy atom. The zero-order chi connectivity index (χ0) is 13.5. The second-order valence-electron chi connectivity index (χ2n) is 5.52. The summed E-state index contributed by atoms with van der Waals surface area (Å²) in [6.07, 6.45) is -0.281. The quantitative estimate of drug-likeness (QED) is 0.689. The number of ether oxygens (including phenoxy) is 1. The van der Waals surface area contributed by atoms with Gasteiger partial charge < -0.3 is 4.74 Å². The number of carbonyl (C=O) groups excluding carboxylic acids is 1. The lowest BCUT2D eigenvalue weighted by Crippen LogP contribution is -2.33. The molecule has 0 unspecified atom stereocenters. The first-order valence-corrected chi connectivity index (χ1v) is 6.68. The fourth-order valence-electron chi connectivity index (χ4n) is 1.95. The molecule has 0 atom stereocenters. The van der Waals surface area contributed by atoms with Crippen molar-refractivity contribution in [2.24, 2.45) is 0 Å². The molecule has 1 aromatic rings. The Morgan fingerprint density at radius 2 is 2.11 bits per heavy atom. The normalized spacial score (nSPS) is 14.6. The van der Waals surface area contributed by atoms with Gasteiger partial charge in [0.05, 0.1) is 18.8 Å². The maximum Gasteiger partial charge on any atom is 0.410 e. The molecule has 2 heterocycles. The van der Waals surface area contributed by atoms with Crippen LogP contribution in [-0.4, -0.2) is 21.6 Å². The maximum absolute atomic E-state index is 12.0. The lowest BCUT2D eigenvalue weighted by Gasteiger charge is -2.24. The molecule has 0 aliphatic carbocycles. The van der Waals surface area contributed by atoms with Crippen molar-refractivity contribution in [3.8, 4) is 0 Å². The molecule has 4 nitrogen and oxygen atoms in total. The monoisotopic (exact) mass is 312 g/mol. The van der Waals surface area contributed by atoms with E-state index in [1.54, 1.807) is 4.90 Å². The molecule has 1 amide bonds. The van der Waals surface area contributed by atoms with Gasteiger partial charge in [0.1, 0.15) is 10.2 Å². The second-order valence-corrected chi connectivity index (χ2v) is 6.34. The van der Waals surface area contributed by atoms with Crippen LogP contribution in [0.2, 0.25) is 0 Å². The molecule has 5 heteroatoms. The number of hydrogen-bond donors (Lipinski definition) is 0. The van der Waals surface area contributed by atoms with Gasteiger partial charge in [-0.25, -0.2) is 9.78 Å². The average molecular weight is 313 g/mol. The van der Waals surface area contributed by atoms with Crippen molar-refractivity contribution in [3.05, 3.63) is 27.5 Å². The molecular weight excluding hydrogens is 296 g/mol. The minimum Gasteiger partial charge on any atom is -0.444 e. The van der Waals surface area contributed by atoms with Gasteiger partial charge in [-0.3, -0.25) is 4.90 Å². The Hall–Kier alpha value is -1.10. The highest BCUT2D eigenvalue weighted by molar-refractivity contribution is 9.10. The predicted molar refractivity (Wildman–Crippen MR) is 72.2 cm³/mol. The molecule has 1 aliphatic rings. The summed E-state index contributed by atoms with van der Waals surface area (Å²) in [5.74, 6) is 0. The molecule has 0 aromatic carbocycles. The molecule has 2 rings (SSSR count). The molecule has 0 bridgehead atoms. The third kappa shape index (κ3) is 2.83. The molecule has 1 aromatic heterocycles. The summed E-state index contributed by atoms with van der Waals surface area (Å²) in [5, 5.41) is 0. The number of amides is 1. The standard InChI is InChI=1S/C13H17BrN2O2/c1-8-5-11(14)15-10-7-16(6-9(8)10)12(17)18-13(2,3)4/h5H,6-7H2,1-4H3. The van der Waals surface area contributed by atoms with Crippen molar-refractivity contribution in [1.29, 1.82) is 0 Å². The number of carbonyl (C=O) groups is 1. The molecule has 0 saturated heterocycles. The van der Waals surface area contributed by atoms with Crippen LogP contribution < -0.4 is 0 Å². The van der Waals surface area contributed by atoms with E-state index in [0.29, 0.717) is 13.1 Å². The number of halogens is 1. The van der Waals surface area contributed by atoms with Gasteiger partial charge in [0.2, 0.25) is 0 Å². The van der Waals surface area contributed by atoms with E-state index in [2.05, 4.69) is 20.9 Å². The van der Waals surface area contributed by atoms with Gasteiger partial charge in [0.25, 0.3) is 0 Å². The summed E-state index contributed by atoms with van der Waals surface area (Å²) in [5.41, 5.74) is 2.77. The average Bonchev–Trinajstić information content (AvgIpc) is 2.58. The van der Waals surface area contributed by atoms with Crippen LogP contribution in [0.15, 0.2) is 10.7 Å². The summed E-state index contributed by atoms with van der Waals surface area (Å²) in [6.45, 7) is 8.74. The van der Waals surface area contributed by atoms with E-state index in [9.17, 15) is 4.79 Å². The van der Waals surface area contributed by atoms with Gasteiger partial charge in [-0.15, -0.1) is 0 Å². The van der Waals surface area contributed by atoms with Crippen LogP contribution >= 0.6 is 15.9 Å². The molecule has 0 radical (unpaired) electrons. The number of fused-ring (bicyclic) bond motifs is 1. The Morgan fingerprint density at radius 1 is 1.44 bits per heavy atom. The van der Waals surface area contributed by atoms with Gasteiger partial charge in [0, 0.05) is 0 Å². The molecule has 18 heavy (non-hydrogen) atoms. The predicted octanol–water partition coefficient (Wildman–Crippen LogP) is 3.40. The highest BCUT2D eigenvalue weighted by Crippen LogP contribution is 2.27. The highest BCUT2D eigenvalue weighted by atomic mass is 79.9. The van der Waals surface area contributed by atoms with Crippen LogP contribution in [0, 0.1) is 6.92 Å². The third-order valence-electron chi connectivity index (χ3n) is 2.74.